The predicted octanol–water partition coefficient (Wildman–Crippen LogP) is 6.34. The Balaban J connectivity index is 1.86. The minimum absolute atomic E-state index is 0.0583. The zero-order valence-electron chi connectivity index (χ0n) is 23.8. The molecule has 0 saturated heterocycles. The Hall–Kier alpha value is -3.55. The third kappa shape index (κ3) is 6.65. The summed E-state index contributed by atoms with van der Waals surface area (Å²) in [7, 11) is 1.73. The summed E-state index contributed by atoms with van der Waals surface area (Å²) < 4.78 is 5.42. The SMILES string of the molecule is CC(=O)N1c2ccc(-c3ccc(CCN(C)C(=O)OC(C)(C)C)cc3)cc2[C@H](N(C(=O)O)C(C)C)C[C@@H]1C. The Morgan fingerprint density at radius 2 is 1.68 bits per heavy atom. The Bertz CT molecular complexity index is 1170. The van der Waals surface area contributed by atoms with Gasteiger partial charge in [0.25, 0.3) is 0 Å². The highest BCUT2D eigenvalue weighted by Crippen LogP contribution is 2.43. The van der Waals surface area contributed by atoms with Crippen LogP contribution in [-0.4, -0.2) is 64.3 Å². The molecular weight excluding hydrogens is 482 g/mol. The van der Waals surface area contributed by atoms with Gasteiger partial charge in [-0.25, -0.2) is 9.59 Å². The fourth-order valence-corrected chi connectivity index (χ4v) is 5.06. The van der Waals surface area contributed by atoms with Crippen molar-refractivity contribution < 1.29 is 24.2 Å². The summed E-state index contributed by atoms with van der Waals surface area (Å²) in [4.78, 5) is 41.7. The molecule has 0 aliphatic carbocycles. The van der Waals surface area contributed by atoms with E-state index in [2.05, 4.69) is 0 Å². The highest BCUT2D eigenvalue weighted by molar-refractivity contribution is 5.94. The first-order chi connectivity index (χ1) is 17.7. The van der Waals surface area contributed by atoms with Crippen molar-refractivity contribution in [3.05, 3.63) is 53.6 Å². The third-order valence-corrected chi connectivity index (χ3v) is 6.83. The van der Waals surface area contributed by atoms with Crippen molar-refractivity contribution in [3.63, 3.8) is 0 Å². The number of anilines is 1. The molecule has 1 N–H and O–H groups in total. The lowest BCUT2D eigenvalue weighted by Gasteiger charge is -2.43. The number of hydrogen-bond acceptors (Lipinski definition) is 4. The first-order valence-electron chi connectivity index (χ1n) is 13.2. The van der Waals surface area contributed by atoms with Gasteiger partial charge in [0.15, 0.2) is 0 Å². The minimum Gasteiger partial charge on any atom is -0.465 e. The number of carbonyl (C=O) groups is 3. The molecule has 2 aromatic rings. The molecule has 3 amide bonds. The Kier molecular flexibility index (Phi) is 8.75. The minimum atomic E-state index is -0.967. The average molecular weight is 524 g/mol. The van der Waals surface area contributed by atoms with E-state index in [1.54, 1.807) is 23.8 Å². The third-order valence-electron chi connectivity index (χ3n) is 6.83. The van der Waals surface area contributed by atoms with Crippen LogP contribution >= 0.6 is 0 Å². The summed E-state index contributed by atoms with van der Waals surface area (Å²) in [6, 6.07) is 13.4. The number of amides is 3. The molecule has 8 nitrogen and oxygen atoms in total. The summed E-state index contributed by atoms with van der Waals surface area (Å²) in [6.45, 7) is 13.3. The zero-order chi connectivity index (χ0) is 28.4. The van der Waals surface area contributed by atoms with E-state index in [0.717, 1.165) is 27.9 Å². The molecule has 0 unspecified atom stereocenters. The molecule has 0 saturated carbocycles. The van der Waals surface area contributed by atoms with Crippen molar-refractivity contribution in [3.8, 4) is 11.1 Å². The van der Waals surface area contributed by atoms with Crippen molar-refractivity contribution in [2.45, 2.75) is 85.0 Å². The largest absolute Gasteiger partial charge is 0.465 e. The molecule has 0 aromatic heterocycles. The second-order valence-corrected chi connectivity index (χ2v) is 11.4. The molecule has 1 heterocycles. The van der Waals surface area contributed by atoms with Crippen LogP contribution in [0.15, 0.2) is 42.5 Å². The number of likely N-dealkylation sites (N-methyl/N-ethyl adjacent to an activating group) is 1. The topological polar surface area (TPSA) is 90.4 Å². The lowest BCUT2D eigenvalue weighted by atomic mass is 9.87. The second-order valence-electron chi connectivity index (χ2n) is 11.4. The Labute approximate surface area is 226 Å². The summed E-state index contributed by atoms with van der Waals surface area (Å²) >= 11 is 0. The molecule has 2 aromatic carbocycles. The highest BCUT2D eigenvalue weighted by atomic mass is 16.6. The molecule has 1 aliphatic heterocycles. The lowest BCUT2D eigenvalue weighted by Crippen LogP contribution is -2.48. The molecule has 0 bridgehead atoms. The van der Waals surface area contributed by atoms with Gasteiger partial charge >= 0.3 is 12.2 Å². The first-order valence-corrected chi connectivity index (χ1v) is 13.2. The van der Waals surface area contributed by atoms with Crippen molar-refractivity contribution in [2.75, 3.05) is 18.5 Å². The van der Waals surface area contributed by atoms with Gasteiger partial charge in [-0.15, -0.1) is 0 Å². The van der Waals surface area contributed by atoms with E-state index in [1.165, 1.54) is 4.90 Å². The van der Waals surface area contributed by atoms with E-state index in [0.29, 0.717) is 19.4 Å². The molecule has 1 aliphatic rings. The number of rotatable bonds is 6. The maximum atomic E-state index is 12.5. The van der Waals surface area contributed by atoms with Crippen LogP contribution in [0.25, 0.3) is 11.1 Å². The zero-order valence-corrected chi connectivity index (χ0v) is 23.8. The number of benzene rings is 2. The fraction of sp³-hybridized carbons (Fsp3) is 0.500. The number of fused-ring (bicyclic) bond motifs is 1. The van der Waals surface area contributed by atoms with Crippen LogP contribution in [0.3, 0.4) is 0 Å². The van der Waals surface area contributed by atoms with Gasteiger partial charge in [0.2, 0.25) is 5.91 Å². The molecule has 3 rings (SSSR count). The van der Waals surface area contributed by atoms with Crippen LogP contribution < -0.4 is 4.90 Å². The molecule has 0 radical (unpaired) electrons. The van der Waals surface area contributed by atoms with Gasteiger partial charge in [0, 0.05) is 38.3 Å². The van der Waals surface area contributed by atoms with E-state index < -0.39 is 11.7 Å². The van der Waals surface area contributed by atoms with Crippen molar-refractivity contribution in [2.24, 2.45) is 0 Å². The Morgan fingerprint density at radius 1 is 1.08 bits per heavy atom. The van der Waals surface area contributed by atoms with Gasteiger partial charge in [-0.3, -0.25) is 9.69 Å². The molecule has 0 fully saturated rings. The van der Waals surface area contributed by atoms with Crippen molar-refractivity contribution in [1.29, 1.82) is 0 Å². The van der Waals surface area contributed by atoms with Crippen LogP contribution in [0.5, 0.6) is 0 Å². The molecule has 2 atom stereocenters. The van der Waals surface area contributed by atoms with Crippen LogP contribution in [0.1, 0.15) is 72.1 Å². The summed E-state index contributed by atoms with van der Waals surface area (Å²) in [6.07, 6.45) is -0.0886. The van der Waals surface area contributed by atoms with Gasteiger partial charge in [0.05, 0.1) is 6.04 Å². The number of carboxylic acid groups (broad SMARTS) is 1. The fourth-order valence-electron chi connectivity index (χ4n) is 5.06. The van der Waals surface area contributed by atoms with E-state index in [1.807, 2.05) is 84.0 Å². The second kappa shape index (κ2) is 11.5. The van der Waals surface area contributed by atoms with Gasteiger partial charge in [-0.05, 0) is 88.8 Å². The van der Waals surface area contributed by atoms with Gasteiger partial charge in [-0.1, -0.05) is 30.3 Å². The van der Waals surface area contributed by atoms with Crippen LogP contribution in [0, 0.1) is 0 Å². The van der Waals surface area contributed by atoms with Gasteiger partial charge in [0.1, 0.15) is 5.60 Å². The summed E-state index contributed by atoms with van der Waals surface area (Å²) in [5, 5.41) is 9.99. The van der Waals surface area contributed by atoms with Gasteiger partial charge < -0.3 is 19.6 Å². The summed E-state index contributed by atoms with van der Waals surface area (Å²) in [5.74, 6) is -0.0583. The van der Waals surface area contributed by atoms with Gasteiger partial charge in [-0.2, -0.15) is 0 Å². The van der Waals surface area contributed by atoms with E-state index >= 15 is 0 Å². The molecular formula is C30H41N3O5. The number of carbonyl (C=O) groups excluding carboxylic acids is 2. The van der Waals surface area contributed by atoms with Crippen molar-refractivity contribution >= 4 is 23.8 Å². The quantitative estimate of drug-likeness (QED) is 0.477. The number of hydrogen-bond donors (Lipinski definition) is 1. The lowest BCUT2D eigenvalue weighted by molar-refractivity contribution is -0.117. The van der Waals surface area contributed by atoms with Crippen LogP contribution in [0.2, 0.25) is 0 Å². The maximum absolute atomic E-state index is 12.5. The standard InChI is InChI=1S/C30H41N3O5/c1-19(2)32(28(35)36)27-17-20(3)33(21(4)34)26-14-13-24(18-25(26)27)23-11-9-22(10-12-23)15-16-31(8)29(37)38-30(5,6)7/h9-14,18-20,27H,15-17H2,1-8H3,(H,35,36)/t20-,27+/m0/s1. The van der Waals surface area contributed by atoms with E-state index in [9.17, 15) is 19.5 Å². The number of nitrogens with zero attached hydrogens (tertiary/aromatic N) is 3. The highest BCUT2D eigenvalue weighted by Gasteiger charge is 2.38. The first kappa shape index (κ1) is 29.0. The van der Waals surface area contributed by atoms with E-state index in [-0.39, 0.29) is 30.1 Å². The number of ether oxygens (including phenoxy) is 1. The predicted molar refractivity (Wildman–Crippen MR) is 149 cm³/mol. The van der Waals surface area contributed by atoms with Crippen LogP contribution in [-0.2, 0) is 16.0 Å². The summed E-state index contributed by atoms with van der Waals surface area (Å²) in [5.41, 5.74) is 4.12. The molecule has 8 heteroatoms. The van der Waals surface area contributed by atoms with Crippen molar-refractivity contribution in [1.82, 2.24) is 9.80 Å². The van der Waals surface area contributed by atoms with Crippen LogP contribution in [0.4, 0.5) is 15.3 Å². The van der Waals surface area contributed by atoms with E-state index in [4.69, 9.17) is 4.74 Å². The Morgan fingerprint density at radius 3 is 2.21 bits per heavy atom. The molecule has 0 spiro atoms. The molecule has 38 heavy (non-hydrogen) atoms. The maximum Gasteiger partial charge on any atom is 0.410 e. The monoisotopic (exact) mass is 523 g/mol. The smallest absolute Gasteiger partial charge is 0.410 e. The molecule has 206 valence electrons. The average Bonchev–Trinajstić information content (AvgIpc) is 2.80. The normalized spacial score (nSPS) is 17.1.